The SMILES string of the molecule is O=C1c2ccccc2C(=O)N1CCCOc1cccc(CNc2nc3ccccc3n2[C@@H]2O[C@H](CO)[C@@H](O)[C@H]2O)c1. The first-order chi connectivity index (χ1) is 20.0. The molecule has 0 unspecified atom stereocenters. The number of rotatable bonds is 10. The van der Waals surface area contributed by atoms with E-state index >= 15 is 0 Å². The summed E-state index contributed by atoms with van der Waals surface area (Å²) in [5.41, 5.74) is 3.17. The van der Waals surface area contributed by atoms with Crippen LogP contribution in [-0.2, 0) is 11.3 Å². The topological polar surface area (TPSA) is 146 Å². The smallest absolute Gasteiger partial charge is 0.261 e. The monoisotopic (exact) mass is 558 g/mol. The molecular formula is C30H30N4O7. The van der Waals surface area contributed by atoms with Crippen LogP contribution >= 0.6 is 0 Å². The number of imidazole rings is 1. The summed E-state index contributed by atoms with van der Waals surface area (Å²) in [6, 6.07) is 21.7. The van der Waals surface area contributed by atoms with Crippen LogP contribution < -0.4 is 10.1 Å². The lowest BCUT2D eigenvalue weighted by Crippen LogP contribution is -2.33. The van der Waals surface area contributed by atoms with Gasteiger partial charge in [-0.15, -0.1) is 0 Å². The van der Waals surface area contributed by atoms with Crippen LogP contribution in [0.25, 0.3) is 11.0 Å². The van der Waals surface area contributed by atoms with E-state index in [4.69, 9.17) is 9.47 Å². The van der Waals surface area contributed by atoms with Crippen molar-refractivity contribution in [2.24, 2.45) is 0 Å². The Balaban J connectivity index is 1.09. The third-order valence-electron chi connectivity index (χ3n) is 7.39. The van der Waals surface area contributed by atoms with Gasteiger partial charge in [-0.25, -0.2) is 4.98 Å². The van der Waals surface area contributed by atoms with Gasteiger partial charge >= 0.3 is 0 Å². The van der Waals surface area contributed by atoms with Crippen LogP contribution in [0.3, 0.4) is 0 Å². The first kappa shape index (κ1) is 26.9. The molecule has 0 bridgehead atoms. The summed E-state index contributed by atoms with van der Waals surface area (Å²) in [7, 11) is 0. The van der Waals surface area contributed by atoms with Crippen molar-refractivity contribution in [3.05, 3.63) is 89.5 Å². The fourth-order valence-corrected chi connectivity index (χ4v) is 5.30. The van der Waals surface area contributed by atoms with Crippen molar-refractivity contribution in [2.45, 2.75) is 37.5 Å². The molecule has 4 N–H and O–H groups in total. The van der Waals surface area contributed by atoms with Crippen LogP contribution in [0.5, 0.6) is 5.75 Å². The normalized spacial score (nSPS) is 22.0. The Hall–Kier alpha value is -4.29. The number of hydrogen-bond donors (Lipinski definition) is 4. The van der Waals surface area contributed by atoms with Gasteiger partial charge in [0, 0.05) is 13.1 Å². The second-order valence-corrected chi connectivity index (χ2v) is 10.0. The number of aliphatic hydroxyl groups excluding tert-OH is 3. The number of carbonyl (C=O) groups is 2. The van der Waals surface area contributed by atoms with Gasteiger partial charge < -0.3 is 30.1 Å². The summed E-state index contributed by atoms with van der Waals surface area (Å²) >= 11 is 0. The Bertz CT molecular complexity index is 1550. The molecule has 1 saturated heterocycles. The number of benzene rings is 3. The predicted octanol–water partition coefficient (Wildman–Crippen LogP) is 2.32. The molecule has 4 atom stereocenters. The maximum atomic E-state index is 12.5. The van der Waals surface area contributed by atoms with Gasteiger partial charge in [-0.05, 0) is 48.4 Å². The molecule has 2 aliphatic heterocycles. The zero-order valence-corrected chi connectivity index (χ0v) is 22.1. The van der Waals surface area contributed by atoms with Crippen LogP contribution in [-0.4, -0.2) is 79.7 Å². The average molecular weight is 559 g/mol. The number of nitrogens with one attached hydrogen (secondary N) is 1. The maximum absolute atomic E-state index is 12.5. The number of amides is 2. The van der Waals surface area contributed by atoms with Crippen molar-refractivity contribution in [1.82, 2.24) is 14.5 Å². The van der Waals surface area contributed by atoms with Crippen molar-refractivity contribution in [3.63, 3.8) is 0 Å². The Morgan fingerprint density at radius 1 is 0.927 bits per heavy atom. The molecule has 0 radical (unpaired) electrons. The van der Waals surface area contributed by atoms with Crippen molar-refractivity contribution in [1.29, 1.82) is 0 Å². The van der Waals surface area contributed by atoms with Gasteiger partial charge in [0.1, 0.15) is 24.1 Å². The van der Waals surface area contributed by atoms with Gasteiger partial charge in [0.05, 0.1) is 35.4 Å². The Labute approximate surface area is 235 Å². The molecule has 3 aromatic carbocycles. The first-order valence-electron chi connectivity index (χ1n) is 13.5. The molecule has 0 saturated carbocycles. The highest BCUT2D eigenvalue weighted by Crippen LogP contribution is 2.35. The molecule has 0 aliphatic carbocycles. The van der Waals surface area contributed by atoms with Crippen LogP contribution in [0.15, 0.2) is 72.8 Å². The van der Waals surface area contributed by atoms with E-state index in [-0.39, 0.29) is 18.4 Å². The van der Waals surface area contributed by atoms with E-state index in [0.717, 1.165) is 5.56 Å². The summed E-state index contributed by atoms with van der Waals surface area (Å²) in [6.07, 6.45) is -3.83. The summed E-state index contributed by atoms with van der Waals surface area (Å²) in [6.45, 7) is 0.551. The number of fused-ring (bicyclic) bond motifs is 2. The molecular weight excluding hydrogens is 528 g/mol. The van der Waals surface area contributed by atoms with Crippen molar-refractivity contribution in [2.75, 3.05) is 25.1 Å². The largest absolute Gasteiger partial charge is 0.494 e. The fourth-order valence-electron chi connectivity index (χ4n) is 5.30. The molecule has 2 amide bonds. The lowest BCUT2D eigenvalue weighted by molar-refractivity contribution is -0.0499. The quantitative estimate of drug-likeness (QED) is 0.170. The van der Waals surface area contributed by atoms with Crippen molar-refractivity contribution < 1.29 is 34.4 Å². The van der Waals surface area contributed by atoms with Gasteiger partial charge in [-0.3, -0.25) is 19.1 Å². The second-order valence-electron chi connectivity index (χ2n) is 10.0. The molecule has 0 spiro atoms. The standard InChI is InChI=1S/C30H30N4O7/c35-17-24-25(36)26(37)29(41-24)34-23-12-4-3-11-22(23)32-30(34)31-16-18-7-5-8-19(15-18)40-14-6-13-33-27(38)20-9-1-2-10-21(20)28(33)39/h1-5,7-12,15,24-26,29,35-37H,6,13-14,16-17H2,(H,31,32)/t24-,25-,26-,29-/m1/s1. The lowest BCUT2D eigenvalue weighted by atomic mass is 10.1. The highest BCUT2D eigenvalue weighted by Gasteiger charge is 2.44. The number of carbonyl (C=O) groups excluding carboxylic acids is 2. The van der Waals surface area contributed by atoms with E-state index < -0.39 is 31.1 Å². The number of para-hydroxylation sites is 2. The number of hydrogen-bond acceptors (Lipinski definition) is 9. The number of anilines is 1. The molecule has 11 heteroatoms. The molecule has 3 heterocycles. The third-order valence-corrected chi connectivity index (χ3v) is 7.39. The summed E-state index contributed by atoms with van der Waals surface area (Å²) < 4.78 is 13.4. The van der Waals surface area contributed by atoms with Crippen LogP contribution in [0.2, 0.25) is 0 Å². The fraction of sp³-hybridized carbons (Fsp3) is 0.300. The van der Waals surface area contributed by atoms with E-state index in [1.54, 1.807) is 28.8 Å². The highest BCUT2D eigenvalue weighted by atomic mass is 16.6. The third kappa shape index (κ3) is 5.04. The molecule has 11 nitrogen and oxygen atoms in total. The summed E-state index contributed by atoms with van der Waals surface area (Å²) in [5.74, 6) is 0.528. The summed E-state index contributed by atoms with van der Waals surface area (Å²) in [5, 5.41) is 33.8. The number of aliphatic hydroxyl groups is 3. The zero-order chi connectivity index (χ0) is 28.5. The van der Waals surface area contributed by atoms with Crippen LogP contribution in [0.4, 0.5) is 5.95 Å². The molecule has 1 fully saturated rings. The Kier molecular flexibility index (Phi) is 7.41. The molecule has 4 aromatic rings. The van der Waals surface area contributed by atoms with Crippen molar-refractivity contribution in [3.8, 4) is 5.75 Å². The number of nitrogens with zero attached hydrogens (tertiary/aromatic N) is 3. The predicted molar refractivity (Wildman–Crippen MR) is 148 cm³/mol. The average Bonchev–Trinajstić information content (AvgIpc) is 3.59. The van der Waals surface area contributed by atoms with Gasteiger partial charge in [-0.2, -0.15) is 0 Å². The summed E-state index contributed by atoms with van der Waals surface area (Å²) in [4.78, 5) is 31.0. The first-order valence-corrected chi connectivity index (χ1v) is 13.5. The second kappa shape index (κ2) is 11.3. The molecule has 212 valence electrons. The van der Waals surface area contributed by atoms with E-state index in [9.17, 15) is 24.9 Å². The number of ether oxygens (including phenoxy) is 2. The minimum atomic E-state index is -1.25. The number of aromatic nitrogens is 2. The lowest BCUT2D eigenvalue weighted by Gasteiger charge is -2.20. The van der Waals surface area contributed by atoms with Gasteiger partial charge in [0.2, 0.25) is 5.95 Å². The van der Waals surface area contributed by atoms with E-state index in [1.807, 2.05) is 48.5 Å². The Morgan fingerprint density at radius 2 is 1.66 bits per heavy atom. The van der Waals surface area contributed by atoms with E-state index in [2.05, 4.69) is 10.3 Å². The van der Waals surface area contributed by atoms with Gasteiger partial charge in [-0.1, -0.05) is 36.4 Å². The molecule has 41 heavy (non-hydrogen) atoms. The number of imide groups is 1. The minimum absolute atomic E-state index is 0.269. The van der Waals surface area contributed by atoms with Crippen molar-refractivity contribution >= 4 is 28.8 Å². The van der Waals surface area contributed by atoms with Gasteiger partial charge in [0.25, 0.3) is 11.8 Å². The molecule has 1 aromatic heterocycles. The maximum Gasteiger partial charge on any atom is 0.261 e. The molecule has 2 aliphatic rings. The highest BCUT2D eigenvalue weighted by molar-refractivity contribution is 6.21. The van der Waals surface area contributed by atoms with E-state index in [1.165, 1.54) is 4.90 Å². The minimum Gasteiger partial charge on any atom is -0.494 e. The zero-order valence-electron chi connectivity index (χ0n) is 22.1. The molecule has 6 rings (SSSR count). The van der Waals surface area contributed by atoms with Gasteiger partial charge in [0.15, 0.2) is 6.23 Å². The van der Waals surface area contributed by atoms with E-state index in [0.29, 0.717) is 53.4 Å². The van der Waals surface area contributed by atoms with Crippen LogP contribution in [0, 0.1) is 0 Å². The Morgan fingerprint density at radius 3 is 2.39 bits per heavy atom. The van der Waals surface area contributed by atoms with Crippen LogP contribution in [0.1, 0.15) is 38.9 Å².